The number of anilines is 1. The Morgan fingerprint density at radius 2 is 1.79 bits per heavy atom. The highest BCUT2D eigenvalue weighted by atomic mass is 19.4. The van der Waals surface area contributed by atoms with Crippen LogP contribution in [0.5, 0.6) is 0 Å². The number of halogens is 3. The first-order chi connectivity index (χ1) is 13.4. The minimum Gasteiger partial charge on any atom is -0.326 e. The Morgan fingerprint density at radius 1 is 0.964 bits per heavy atom. The van der Waals surface area contributed by atoms with Crippen LogP contribution in [0.3, 0.4) is 0 Å². The zero-order chi connectivity index (χ0) is 20.0. The van der Waals surface area contributed by atoms with Gasteiger partial charge in [0.25, 0.3) is 0 Å². The fourth-order valence-corrected chi connectivity index (χ4v) is 2.62. The number of amides is 1. The molecule has 1 heterocycles. The van der Waals surface area contributed by atoms with E-state index in [1.165, 1.54) is 12.1 Å². The quantitative estimate of drug-likeness (QED) is 0.637. The second-order valence-electron chi connectivity index (χ2n) is 6.14. The Kier molecular flexibility index (Phi) is 5.89. The Bertz CT molecular complexity index is 982. The lowest BCUT2D eigenvalue weighted by Crippen LogP contribution is -2.15. The lowest BCUT2D eigenvalue weighted by Gasteiger charge is -2.09. The molecule has 3 nitrogen and oxygen atoms in total. The van der Waals surface area contributed by atoms with Crippen molar-refractivity contribution in [2.45, 2.75) is 12.6 Å². The van der Waals surface area contributed by atoms with Crippen LogP contribution in [0.1, 0.15) is 22.4 Å². The van der Waals surface area contributed by atoms with E-state index in [-0.39, 0.29) is 12.3 Å². The van der Waals surface area contributed by atoms with Crippen molar-refractivity contribution in [1.29, 1.82) is 0 Å². The number of rotatable bonds is 5. The molecular formula is C22H17F3N2O. The van der Waals surface area contributed by atoms with Crippen LogP contribution < -0.4 is 5.32 Å². The van der Waals surface area contributed by atoms with Gasteiger partial charge < -0.3 is 5.32 Å². The smallest absolute Gasteiger partial charge is 0.326 e. The van der Waals surface area contributed by atoms with Crippen LogP contribution in [0.15, 0.2) is 72.9 Å². The fourth-order valence-electron chi connectivity index (χ4n) is 2.62. The van der Waals surface area contributed by atoms with Crippen LogP contribution in [0.25, 0.3) is 12.2 Å². The molecule has 0 aliphatic heterocycles. The zero-order valence-corrected chi connectivity index (χ0v) is 14.8. The molecule has 0 fully saturated rings. The third-order valence-electron chi connectivity index (χ3n) is 3.92. The molecule has 0 atom stereocenters. The molecule has 28 heavy (non-hydrogen) atoms. The van der Waals surface area contributed by atoms with Crippen molar-refractivity contribution < 1.29 is 18.0 Å². The van der Waals surface area contributed by atoms with E-state index in [1.807, 2.05) is 36.4 Å². The minimum atomic E-state index is -4.43. The number of hydrogen-bond acceptors (Lipinski definition) is 2. The van der Waals surface area contributed by atoms with Crippen molar-refractivity contribution in [3.63, 3.8) is 0 Å². The molecule has 3 aromatic rings. The maximum Gasteiger partial charge on any atom is 0.416 e. The molecule has 0 saturated carbocycles. The molecule has 142 valence electrons. The first-order valence-electron chi connectivity index (χ1n) is 8.55. The molecule has 1 aromatic heterocycles. The fraction of sp³-hybridized carbons (Fsp3) is 0.0909. The van der Waals surface area contributed by atoms with E-state index in [0.717, 1.165) is 23.4 Å². The molecule has 3 rings (SSSR count). The summed E-state index contributed by atoms with van der Waals surface area (Å²) in [4.78, 5) is 16.4. The molecule has 0 saturated heterocycles. The molecule has 0 radical (unpaired) electrons. The molecule has 0 aliphatic rings. The lowest BCUT2D eigenvalue weighted by molar-refractivity contribution is -0.137. The number of alkyl halides is 3. The van der Waals surface area contributed by atoms with Crippen LogP contribution >= 0.6 is 0 Å². The number of aromatic nitrogens is 1. The summed E-state index contributed by atoms with van der Waals surface area (Å²) < 4.78 is 38.3. The summed E-state index contributed by atoms with van der Waals surface area (Å²) in [6.45, 7) is 0. The third kappa shape index (κ3) is 5.54. The van der Waals surface area contributed by atoms with E-state index in [1.54, 1.807) is 24.4 Å². The number of carbonyl (C=O) groups is 1. The normalized spacial score (nSPS) is 11.5. The summed E-state index contributed by atoms with van der Waals surface area (Å²) in [6, 6.07) is 17.5. The monoisotopic (exact) mass is 382 g/mol. The van der Waals surface area contributed by atoms with Crippen molar-refractivity contribution >= 4 is 23.7 Å². The summed E-state index contributed by atoms with van der Waals surface area (Å²) in [5.41, 5.74) is 1.78. The van der Waals surface area contributed by atoms with Gasteiger partial charge in [-0.2, -0.15) is 13.2 Å². The lowest BCUT2D eigenvalue weighted by atomic mass is 10.1. The summed E-state index contributed by atoms with van der Waals surface area (Å²) in [6.07, 6.45) is 0.844. The molecule has 0 spiro atoms. The molecular weight excluding hydrogens is 365 g/mol. The highest BCUT2D eigenvalue weighted by molar-refractivity contribution is 5.92. The van der Waals surface area contributed by atoms with Gasteiger partial charge >= 0.3 is 6.18 Å². The second-order valence-corrected chi connectivity index (χ2v) is 6.14. The SMILES string of the molecule is O=C(Cc1cccc(C(F)(F)F)c1)Nc1cccc(/C=C/c2ccccn2)c1. The second kappa shape index (κ2) is 8.52. The predicted molar refractivity (Wildman–Crippen MR) is 103 cm³/mol. The van der Waals surface area contributed by atoms with Gasteiger partial charge in [0.2, 0.25) is 5.91 Å². The van der Waals surface area contributed by atoms with Crippen molar-refractivity contribution in [2.75, 3.05) is 5.32 Å². The molecule has 0 bridgehead atoms. The molecule has 1 amide bonds. The Morgan fingerprint density at radius 3 is 2.54 bits per heavy atom. The van der Waals surface area contributed by atoms with Gasteiger partial charge in [0.1, 0.15) is 0 Å². The van der Waals surface area contributed by atoms with Gasteiger partial charge in [-0.3, -0.25) is 9.78 Å². The van der Waals surface area contributed by atoms with Crippen LogP contribution in [-0.2, 0) is 17.4 Å². The first kappa shape index (κ1) is 19.4. The molecule has 6 heteroatoms. The highest BCUT2D eigenvalue weighted by Gasteiger charge is 2.30. The molecule has 1 N–H and O–H groups in total. The van der Waals surface area contributed by atoms with Gasteiger partial charge in [-0.1, -0.05) is 42.5 Å². The van der Waals surface area contributed by atoms with E-state index < -0.39 is 11.7 Å². The van der Waals surface area contributed by atoms with E-state index in [2.05, 4.69) is 10.3 Å². The standard InChI is InChI=1S/C22H17F3N2O/c23-22(24,25)18-7-3-6-17(13-18)15-21(28)27-20-9-4-5-16(14-20)10-11-19-8-1-2-12-26-19/h1-14H,15H2,(H,27,28)/b11-10+. The summed E-state index contributed by atoms with van der Waals surface area (Å²) in [5.74, 6) is -0.384. The van der Waals surface area contributed by atoms with Crippen molar-refractivity contribution in [2.24, 2.45) is 0 Å². The number of pyridine rings is 1. The largest absolute Gasteiger partial charge is 0.416 e. The zero-order valence-electron chi connectivity index (χ0n) is 14.8. The van der Waals surface area contributed by atoms with Crippen molar-refractivity contribution in [1.82, 2.24) is 4.98 Å². The van der Waals surface area contributed by atoms with Gasteiger partial charge in [0.05, 0.1) is 17.7 Å². The van der Waals surface area contributed by atoms with Gasteiger partial charge in [0, 0.05) is 11.9 Å². The number of nitrogens with zero attached hydrogens (tertiary/aromatic N) is 1. The highest BCUT2D eigenvalue weighted by Crippen LogP contribution is 2.29. The van der Waals surface area contributed by atoms with Crippen LogP contribution in [0, 0.1) is 0 Å². The summed E-state index contributed by atoms with van der Waals surface area (Å²) >= 11 is 0. The van der Waals surface area contributed by atoms with Gasteiger partial charge in [-0.05, 0) is 47.5 Å². The Balaban J connectivity index is 1.65. The van der Waals surface area contributed by atoms with Crippen molar-refractivity contribution in [3.8, 4) is 0 Å². The topological polar surface area (TPSA) is 42.0 Å². The third-order valence-corrected chi connectivity index (χ3v) is 3.92. The molecule has 0 aliphatic carbocycles. The minimum absolute atomic E-state index is 0.141. The van der Waals surface area contributed by atoms with E-state index in [4.69, 9.17) is 0 Å². The maximum atomic E-state index is 12.8. The van der Waals surface area contributed by atoms with Gasteiger partial charge in [-0.15, -0.1) is 0 Å². The van der Waals surface area contributed by atoms with Crippen molar-refractivity contribution in [3.05, 3.63) is 95.3 Å². The first-order valence-corrected chi connectivity index (χ1v) is 8.55. The van der Waals surface area contributed by atoms with E-state index >= 15 is 0 Å². The summed E-state index contributed by atoms with van der Waals surface area (Å²) in [7, 11) is 0. The summed E-state index contributed by atoms with van der Waals surface area (Å²) in [5, 5.41) is 2.72. The Labute approximate surface area is 160 Å². The molecule has 2 aromatic carbocycles. The number of hydrogen-bond donors (Lipinski definition) is 1. The predicted octanol–water partition coefficient (Wildman–Crippen LogP) is 5.45. The van der Waals surface area contributed by atoms with Gasteiger partial charge in [-0.25, -0.2) is 0 Å². The van der Waals surface area contributed by atoms with E-state index in [9.17, 15) is 18.0 Å². The number of benzene rings is 2. The number of nitrogens with one attached hydrogen (secondary N) is 1. The van der Waals surface area contributed by atoms with Crippen LogP contribution in [0.4, 0.5) is 18.9 Å². The Hall–Kier alpha value is -3.41. The molecule has 0 unspecified atom stereocenters. The van der Waals surface area contributed by atoms with Gasteiger partial charge in [0.15, 0.2) is 0 Å². The number of carbonyl (C=O) groups excluding carboxylic acids is 1. The maximum absolute atomic E-state index is 12.8. The van der Waals surface area contributed by atoms with E-state index in [0.29, 0.717) is 11.3 Å². The average molecular weight is 382 g/mol. The average Bonchev–Trinajstić information content (AvgIpc) is 2.67. The van der Waals surface area contributed by atoms with Crippen LogP contribution in [0.2, 0.25) is 0 Å². The van der Waals surface area contributed by atoms with Crippen LogP contribution in [-0.4, -0.2) is 10.9 Å².